The molecule has 0 aromatic carbocycles. The number of hydrogen-bond donors (Lipinski definition) is 1. The van der Waals surface area contributed by atoms with Crippen LogP contribution in [0.4, 0.5) is 0 Å². The molecule has 0 bridgehead atoms. The average Bonchev–Trinajstić information content (AvgIpc) is 2.20. The summed E-state index contributed by atoms with van der Waals surface area (Å²) in [5.41, 5.74) is 0.149. The summed E-state index contributed by atoms with van der Waals surface area (Å²) in [6, 6.07) is 0. The first kappa shape index (κ1) is 16.9. The number of amides is 2. The zero-order valence-corrected chi connectivity index (χ0v) is 12.7. The molecule has 1 N–H and O–H groups in total. The molecule has 0 saturated carbocycles. The first-order valence-corrected chi connectivity index (χ1v) is 6.62. The van der Waals surface area contributed by atoms with Crippen LogP contribution in [0.25, 0.3) is 0 Å². The standard InChI is InChI=1S/C14H28N2O2/c1-11(2)10-16(6)13(18)9-15-12(17)7-8-14(3,4)5/h11H,7-10H2,1-6H3,(H,15,17). The van der Waals surface area contributed by atoms with Crippen molar-refractivity contribution in [2.45, 2.75) is 47.5 Å². The molecule has 0 heterocycles. The maximum atomic E-state index is 11.7. The predicted molar refractivity (Wildman–Crippen MR) is 74.2 cm³/mol. The average molecular weight is 256 g/mol. The highest BCUT2D eigenvalue weighted by Gasteiger charge is 2.14. The van der Waals surface area contributed by atoms with Crippen LogP contribution in [0.3, 0.4) is 0 Å². The van der Waals surface area contributed by atoms with Gasteiger partial charge in [0.1, 0.15) is 0 Å². The Bertz CT molecular complexity index is 280. The lowest BCUT2D eigenvalue weighted by atomic mass is 9.90. The van der Waals surface area contributed by atoms with Gasteiger partial charge in [-0.1, -0.05) is 34.6 Å². The predicted octanol–water partition coefficient (Wildman–Crippen LogP) is 2.04. The smallest absolute Gasteiger partial charge is 0.241 e. The van der Waals surface area contributed by atoms with Crippen molar-refractivity contribution in [1.82, 2.24) is 10.2 Å². The Morgan fingerprint density at radius 1 is 1.22 bits per heavy atom. The van der Waals surface area contributed by atoms with Crippen LogP contribution in [0.1, 0.15) is 47.5 Å². The second-order valence-corrected chi connectivity index (χ2v) is 6.51. The molecule has 0 fully saturated rings. The fourth-order valence-corrected chi connectivity index (χ4v) is 1.54. The van der Waals surface area contributed by atoms with Crippen LogP contribution in [0.2, 0.25) is 0 Å². The molecule has 0 aromatic rings. The van der Waals surface area contributed by atoms with Crippen LogP contribution in [0, 0.1) is 11.3 Å². The van der Waals surface area contributed by atoms with E-state index in [0.29, 0.717) is 12.3 Å². The van der Waals surface area contributed by atoms with Gasteiger partial charge in [0.15, 0.2) is 0 Å². The topological polar surface area (TPSA) is 49.4 Å². The first-order valence-electron chi connectivity index (χ1n) is 6.62. The molecule has 0 aliphatic rings. The van der Waals surface area contributed by atoms with Gasteiger partial charge in [0.05, 0.1) is 6.54 Å². The van der Waals surface area contributed by atoms with Crippen molar-refractivity contribution in [3.63, 3.8) is 0 Å². The summed E-state index contributed by atoms with van der Waals surface area (Å²) < 4.78 is 0. The second kappa shape index (κ2) is 7.39. The van der Waals surface area contributed by atoms with Crippen molar-refractivity contribution < 1.29 is 9.59 Å². The highest BCUT2D eigenvalue weighted by atomic mass is 16.2. The zero-order valence-electron chi connectivity index (χ0n) is 12.7. The van der Waals surface area contributed by atoms with Gasteiger partial charge in [-0.25, -0.2) is 0 Å². The van der Waals surface area contributed by atoms with E-state index in [9.17, 15) is 9.59 Å². The maximum Gasteiger partial charge on any atom is 0.241 e. The Morgan fingerprint density at radius 2 is 1.78 bits per heavy atom. The quantitative estimate of drug-likeness (QED) is 0.790. The highest BCUT2D eigenvalue weighted by Crippen LogP contribution is 2.20. The molecule has 0 radical (unpaired) electrons. The van der Waals surface area contributed by atoms with Crippen LogP contribution in [-0.2, 0) is 9.59 Å². The molecule has 0 rings (SSSR count). The van der Waals surface area contributed by atoms with Gasteiger partial charge in [0, 0.05) is 20.0 Å². The fourth-order valence-electron chi connectivity index (χ4n) is 1.54. The molecule has 106 valence electrons. The van der Waals surface area contributed by atoms with Gasteiger partial charge >= 0.3 is 0 Å². The van der Waals surface area contributed by atoms with E-state index in [0.717, 1.165) is 13.0 Å². The van der Waals surface area contributed by atoms with E-state index in [4.69, 9.17) is 0 Å². The monoisotopic (exact) mass is 256 g/mol. The second-order valence-electron chi connectivity index (χ2n) is 6.51. The first-order chi connectivity index (χ1) is 8.11. The van der Waals surface area contributed by atoms with E-state index in [1.54, 1.807) is 11.9 Å². The Labute approximate surface area is 111 Å². The molecule has 4 heteroatoms. The molecule has 0 atom stereocenters. The van der Waals surface area contributed by atoms with Gasteiger partial charge in [-0.3, -0.25) is 9.59 Å². The van der Waals surface area contributed by atoms with Crippen LogP contribution in [0.15, 0.2) is 0 Å². The number of hydrogen-bond acceptors (Lipinski definition) is 2. The van der Waals surface area contributed by atoms with Crippen molar-refractivity contribution in [1.29, 1.82) is 0 Å². The Kier molecular flexibility index (Phi) is 6.96. The van der Waals surface area contributed by atoms with Gasteiger partial charge < -0.3 is 10.2 Å². The van der Waals surface area contributed by atoms with Crippen molar-refractivity contribution in [2.75, 3.05) is 20.1 Å². The Balaban J connectivity index is 3.88. The molecular formula is C14H28N2O2. The third-order valence-corrected chi connectivity index (χ3v) is 2.60. The van der Waals surface area contributed by atoms with Crippen molar-refractivity contribution >= 4 is 11.8 Å². The molecule has 0 spiro atoms. The minimum absolute atomic E-state index is 0.0344. The van der Waals surface area contributed by atoms with E-state index in [1.807, 2.05) is 0 Å². The van der Waals surface area contributed by atoms with Gasteiger partial charge in [0.25, 0.3) is 0 Å². The molecule has 0 aromatic heterocycles. The van der Waals surface area contributed by atoms with Crippen LogP contribution in [-0.4, -0.2) is 36.9 Å². The van der Waals surface area contributed by atoms with Crippen molar-refractivity contribution in [3.05, 3.63) is 0 Å². The summed E-state index contributed by atoms with van der Waals surface area (Å²) in [6.07, 6.45) is 1.31. The van der Waals surface area contributed by atoms with Crippen LogP contribution >= 0.6 is 0 Å². The van der Waals surface area contributed by atoms with Gasteiger partial charge in [-0.2, -0.15) is 0 Å². The number of nitrogens with one attached hydrogen (secondary N) is 1. The van der Waals surface area contributed by atoms with Crippen LogP contribution in [0.5, 0.6) is 0 Å². The van der Waals surface area contributed by atoms with Gasteiger partial charge in [-0.05, 0) is 17.8 Å². The molecule has 0 aliphatic carbocycles. The molecule has 0 unspecified atom stereocenters. The Hall–Kier alpha value is -1.06. The molecular weight excluding hydrogens is 228 g/mol. The van der Waals surface area contributed by atoms with Crippen molar-refractivity contribution in [2.24, 2.45) is 11.3 Å². The minimum atomic E-state index is -0.0452. The fraction of sp³-hybridized carbons (Fsp3) is 0.857. The van der Waals surface area contributed by atoms with E-state index < -0.39 is 0 Å². The maximum absolute atomic E-state index is 11.7. The summed E-state index contributed by atoms with van der Waals surface area (Å²) in [7, 11) is 1.77. The minimum Gasteiger partial charge on any atom is -0.347 e. The van der Waals surface area contributed by atoms with E-state index in [-0.39, 0.29) is 23.8 Å². The van der Waals surface area contributed by atoms with E-state index in [1.165, 1.54) is 0 Å². The van der Waals surface area contributed by atoms with E-state index in [2.05, 4.69) is 39.9 Å². The molecule has 18 heavy (non-hydrogen) atoms. The summed E-state index contributed by atoms with van der Waals surface area (Å²) in [4.78, 5) is 24.9. The van der Waals surface area contributed by atoms with Gasteiger partial charge in [0.2, 0.25) is 11.8 Å². The molecule has 0 aliphatic heterocycles. The number of carbonyl (C=O) groups excluding carboxylic acids is 2. The van der Waals surface area contributed by atoms with Gasteiger partial charge in [-0.15, -0.1) is 0 Å². The number of nitrogens with zero attached hydrogens (tertiary/aromatic N) is 1. The lowest BCUT2D eigenvalue weighted by Gasteiger charge is -2.20. The molecule has 0 saturated heterocycles. The third kappa shape index (κ3) is 9.02. The number of carbonyl (C=O) groups is 2. The van der Waals surface area contributed by atoms with Crippen molar-refractivity contribution in [3.8, 4) is 0 Å². The zero-order chi connectivity index (χ0) is 14.3. The van der Waals surface area contributed by atoms with E-state index >= 15 is 0 Å². The lowest BCUT2D eigenvalue weighted by Crippen LogP contribution is -2.39. The largest absolute Gasteiger partial charge is 0.347 e. The summed E-state index contributed by atoms with van der Waals surface area (Å²) >= 11 is 0. The van der Waals surface area contributed by atoms with Crippen LogP contribution < -0.4 is 5.32 Å². The lowest BCUT2D eigenvalue weighted by molar-refractivity contribution is -0.132. The molecule has 2 amide bonds. The third-order valence-electron chi connectivity index (χ3n) is 2.60. The summed E-state index contributed by atoms with van der Waals surface area (Å²) in [6.45, 7) is 11.2. The normalized spacial score (nSPS) is 11.5. The Morgan fingerprint density at radius 3 is 2.22 bits per heavy atom. The number of rotatable bonds is 6. The summed E-state index contributed by atoms with van der Waals surface area (Å²) in [5.74, 6) is 0.361. The SMILES string of the molecule is CC(C)CN(C)C(=O)CNC(=O)CCC(C)(C)C. The highest BCUT2D eigenvalue weighted by molar-refractivity contribution is 5.84. The molecule has 4 nitrogen and oxygen atoms in total. The summed E-state index contributed by atoms with van der Waals surface area (Å²) in [5, 5.41) is 2.68. The number of likely N-dealkylation sites (N-methyl/N-ethyl adjacent to an activating group) is 1.